The van der Waals surface area contributed by atoms with Crippen molar-refractivity contribution in [2.75, 3.05) is 26.2 Å². The van der Waals surface area contributed by atoms with E-state index in [4.69, 9.17) is 0 Å². The quantitative estimate of drug-likeness (QED) is 0.702. The maximum atomic E-state index is 11.8. The summed E-state index contributed by atoms with van der Waals surface area (Å²) in [6, 6.07) is 0.290. The van der Waals surface area contributed by atoms with Gasteiger partial charge in [-0.25, -0.2) is 4.63 Å². The minimum atomic E-state index is -0.0637. The Hall–Kier alpha value is -1.47. The van der Waals surface area contributed by atoms with Crippen LogP contribution in [-0.2, 0) is 11.2 Å². The summed E-state index contributed by atoms with van der Waals surface area (Å²) in [5.41, 5.74) is 1.24. The van der Waals surface area contributed by atoms with Crippen molar-refractivity contribution in [2.24, 2.45) is 0 Å². The lowest BCUT2D eigenvalue weighted by molar-refractivity contribution is -0.120. The van der Waals surface area contributed by atoms with Crippen LogP contribution in [0.15, 0.2) is 4.63 Å². The van der Waals surface area contributed by atoms with Gasteiger partial charge >= 0.3 is 0 Å². The van der Waals surface area contributed by atoms with Gasteiger partial charge in [-0.1, -0.05) is 16.7 Å². The van der Waals surface area contributed by atoms with Gasteiger partial charge < -0.3 is 10.4 Å². The Morgan fingerprint density at radius 2 is 2.33 bits per heavy atom. The van der Waals surface area contributed by atoms with E-state index < -0.39 is 0 Å². The van der Waals surface area contributed by atoms with Crippen molar-refractivity contribution in [1.82, 2.24) is 20.5 Å². The van der Waals surface area contributed by atoms with Crippen LogP contribution >= 0.6 is 0 Å². The van der Waals surface area contributed by atoms with E-state index in [9.17, 15) is 9.90 Å². The van der Waals surface area contributed by atoms with Crippen LogP contribution in [0.5, 0.6) is 0 Å². The number of hydrogen-bond acceptors (Lipinski definition) is 6. The maximum absolute atomic E-state index is 11.8. The van der Waals surface area contributed by atoms with Gasteiger partial charge in [-0.3, -0.25) is 9.69 Å². The number of hydrogen-bond donors (Lipinski definition) is 2. The molecule has 2 rings (SSSR count). The van der Waals surface area contributed by atoms with Crippen molar-refractivity contribution in [3.05, 3.63) is 11.4 Å². The number of likely N-dealkylation sites (tertiary alicyclic amines) is 1. The summed E-state index contributed by atoms with van der Waals surface area (Å²) in [6.07, 6.45) is 4.56. The van der Waals surface area contributed by atoms with E-state index in [0.717, 1.165) is 25.9 Å². The van der Waals surface area contributed by atoms with Gasteiger partial charge in [0.05, 0.1) is 13.0 Å². The second-order valence-electron chi connectivity index (χ2n) is 5.54. The van der Waals surface area contributed by atoms with Crippen LogP contribution in [0.4, 0.5) is 0 Å². The summed E-state index contributed by atoms with van der Waals surface area (Å²) in [6.45, 7) is 4.59. The molecule has 1 aromatic heterocycles. The van der Waals surface area contributed by atoms with Crippen molar-refractivity contribution >= 4 is 5.91 Å². The Morgan fingerprint density at radius 1 is 1.48 bits per heavy atom. The summed E-state index contributed by atoms with van der Waals surface area (Å²) < 4.78 is 4.56. The van der Waals surface area contributed by atoms with Crippen molar-refractivity contribution in [2.45, 2.75) is 45.1 Å². The number of piperidine rings is 1. The largest absolute Gasteiger partial charge is 0.395 e. The standard InChI is InChI=1S/C14H24N4O3/c1-11-13(17-21-16-11)9-14(20)15-6-4-8-18-7-3-2-5-12(18)10-19/h12,19H,2-10H2,1H3,(H,15,20). The van der Waals surface area contributed by atoms with Crippen LogP contribution in [0, 0.1) is 6.92 Å². The molecule has 2 N–H and O–H groups in total. The second-order valence-corrected chi connectivity index (χ2v) is 5.54. The molecule has 1 aromatic rings. The fourth-order valence-electron chi connectivity index (χ4n) is 2.70. The summed E-state index contributed by atoms with van der Waals surface area (Å²) >= 11 is 0. The number of carbonyl (C=O) groups excluding carboxylic acids is 1. The highest BCUT2D eigenvalue weighted by Gasteiger charge is 2.20. The van der Waals surface area contributed by atoms with E-state index in [2.05, 4.69) is 25.2 Å². The zero-order valence-corrected chi connectivity index (χ0v) is 12.5. The highest BCUT2D eigenvalue weighted by Crippen LogP contribution is 2.16. The minimum absolute atomic E-state index is 0.0637. The third kappa shape index (κ3) is 4.78. The molecule has 118 valence electrons. The number of aryl methyl sites for hydroxylation is 1. The summed E-state index contributed by atoms with van der Waals surface area (Å²) in [7, 11) is 0. The molecule has 0 bridgehead atoms. The van der Waals surface area contributed by atoms with Gasteiger partial charge in [-0.2, -0.15) is 0 Å². The molecule has 7 heteroatoms. The lowest BCUT2D eigenvalue weighted by Gasteiger charge is -2.34. The van der Waals surface area contributed by atoms with Crippen LogP contribution in [0.1, 0.15) is 37.1 Å². The molecule has 1 aliphatic rings. The Kier molecular flexibility index (Phi) is 6.13. The van der Waals surface area contributed by atoms with Crippen LogP contribution < -0.4 is 5.32 Å². The molecule has 0 aliphatic carbocycles. The van der Waals surface area contributed by atoms with E-state index in [1.807, 2.05) is 0 Å². The molecular formula is C14H24N4O3. The molecule has 1 unspecified atom stereocenters. The SMILES string of the molecule is Cc1nonc1CC(=O)NCCCN1CCCCC1CO. The fourth-order valence-corrected chi connectivity index (χ4v) is 2.70. The number of amides is 1. The predicted molar refractivity (Wildman–Crippen MR) is 76.7 cm³/mol. The van der Waals surface area contributed by atoms with E-state index in [1.54, 1.807) is 6.92 Å². The Labute approximate surface area is 124 Å². The lowest BCUT2D eigenvalue weighted by Crippen LogP contribution is -2.43. The molecule has 1 atom stereocenters. The van der Waals surface area contributed by atoms with Crippen molar-refractivity contribution in [3.63, 3.8) is 0 Å². The first-order valence-corrected chi connectivity index (χ1v) is 7.60. The molecule has 0 radical (unpaired) electrons. The van der Waals surface area contributed by atoms with Gasteiger partial charge in [0.2, 0.25) is 5.91 Å². The number of nitrogens with zero attached hydrogens (tertiary/aromatic N) is 3. The number of rotatable bonds is 7. The monoisotopic (exact) mass is 296 g/mol. The molecule has 0 saturated carbocycles. The predicted octanol–water partition coefficient (Wildman–Crippen LogP) is 0.274. The second kappa shape index (κ2) is 8.09. The van der Waals surface area contributed by atoms with E-state index in [1.165, 1.54) is 12.8 Å². The van der Waals surface area contributed by atoms with Gasteiger partial charge in [0.25, 0.3) is 0 Å². The Balaban J connectivity index is 1.63. The molecule has 1 saturated heterocycles. The minimum Gasteiger partial charge on any atom is -0.395 e. The first-order valence-electron chi connectivity index (χ1n) is 7.60. The average molecular weight is 296 g/mol. The highest BCUT2D eigenvalue weighted by atomic mass is 16.6. The van der Waals surface area contributed by atoms with Crippen molar-refractivity contribution in [3.8, 4) is 0 Å². The van der Waals surface area contributed by atoms with Crippen molar-refractivity contribution in [1.29, 1.82) is 0 Å². The first kappa shape index (κ1) is 15.9. The normalized spacial score (nSPS) is 19.6. The smallest absolute Gasteiger partial charge is 0.226 e. The molecule has 1 fully saturated rings. The zero-order valence-electron chi connectivity index (χ0n) is 12.5. The average Bonchev–Trinajstić information content (AvgIpc) is 2.89. The molecular weight excluding hydrogens is 272 g/mol. The van der Waals surface area contributed by atoms with Gasteiger partial charge in [0.1, 0.15) is 11.4 Å². The third-order valence-electron chi connectivity index (χ3n) is 3.98. The van der Waals surface area contributed by atoms with Gasteiger partial charge in [0, 0.05) is 19.1 Å². The molecule has 7 nitrogen and oxygen atoms in total. The molecule has 0 aromatic carbocycles. The first-order chi connectivity index (χ1) is 10.2. The van der Waals surface area contributed by atoms with Gasteiger partial charge in [-0.15, -0.1) is 0 Å². The Bertz CT molecular complexity index is 449. The van der Waals surface area contributed by atoms with E-state index >= 15 is 0 Å². The van der Waals surface area contributed by atoms with Crippen LogP contribution in [-0.4, -0.2) is 58.5 Å². The third-order valence-corrected chi connectivity index (χ3v) is 3.98. The number of carbonyl (C=O) groups is 1. The molecule has 2 heterocycles. The molecule has 0 spiro atoms. The highest BCUT2D eigenvalue weighted by molar-refractivity contribution is 5.78. The fraction of sp³-hybridized carbons (Fsp3) is 0.786. The summed E-state index contributed by atoms with van der Waals surface area (Å²) in [5.74, 6) is -0.0637. The number of aromatic nitrogens is 2. The van der Waals surface area contributed by atoms with Crippen LogP contribution in [0.25, 0.3) is 0 Å². The zero-order chi connectivity index (χ0) is 15.1. The van der Waals surface area contributed by atoms with Crippen LogP contribution in [0.2, 0.25) is 0 Å². The van der Waals surface area contributed by atoms with Crippen LogP contribution in [0.3, 0.4) is 0 Å². The molecule has 1 amide bonds. The van der Waals surface area contributed by atoms with E-state index in [-0.39, 0.29) is 18.9 Å². The van der Waals surface area contributed by atoms with Crippen molar-refractivity contribution < 1.29 is 14.5 Å². The topological polar surface area (TPSA) is 91.5 Å². The number of aliphatic hydroxyl groups excluding tert-OH is 1. The Morgan fingerprint density at radius 3 is 3.05 bits per heavy atom. The number of nitrogens with one attached hydrogen (secondary N) is 1. The molecule has 21 heavy (non-hydrogen) atoms. The molecule has 1 aliphatic heterocycles. The van der Waals surface area contributed by atoms with Gasteiger partial charge in [-0.05, 0) is 32.7 Å². The number of aliphatic hydroxyl groups is 1. The maximum Gasteiger partial charge on any atom is 0.226 e. The summed E-state index contributed by atoms with van der Waals surface area (Å²) in [5, 5.41) is 19.6. The summed E-state index contributed by atoms with van der Waals surface area (Å²) in [4.78, 5) is 14.1. The van der Waals surface area contributed by atoms with Gasteiger partial charge in [0.15, 0.2) is 0 Å². The van der Waals surface area contributed by atoms with E-state index in [0.29, 0.717) is 24.0 Å². The lowest BCUT2D eigenvalue weighted by atomic mass is 10.0.